The van der Waals surface area contributed by atoms with Crippen molar-refractivity contribution in [1.82, 2.24) is 0 Å². The molecule has 2 nitrogen and oxygen atoms in total. The van der Waals surface area contributed by atoms with Gasteiger partial charge in [0.25, 0.3) is 0 Å². The maximum atomic E-state index is 9.38. The number of hydrogen-bond donors (Lipinski definition) is 1. The molecule has 0 saturated carbocycles. The van der Waals surface area contributed by atoms with Crippen molar-refractivity contribution >= 4 is 22.6 Å². The Labute approximate surface area is 85.7 Å². The van der Waals surface area contributed by atoms with Crippen LogP contribution >= 0.6 is 22.6 Å². The summed E-state index contributed by atoms with van der Waals surface area (Å²) in [6, 6.07) is 5.45. The number of hydrogen-bond acceptors (Lipinski definition) is 2. The van der Waals surface area contributed by atoms with Gasteiger partial charge in [0.15, 0.2) is 0 Å². The highest BCUT2D eigenvalue weighted by molar-refractivity contribution is 14.1. The Bertz CT molecular complexity index is 273. The monoisotopic (exact) mass is 278 g/mol. The van der Waals surface area contributed by atoms with Crippen molar-refractivity contribution in [3.05, 3.63) is 27.3 Å². The lowest BCUT2D eigenvalue weighted by Gasteiger charge is -2.12. The normalized spacial score (nSPS) is 12.9. The van der Waals surface area contributed by atoms with Crippen molar-refractivity contribution in [2.45, 2.75) is 13.0 Å². The second kappa shape index (κ2) is 4.09. The summed E-state index contributed by atoms with van der Waals surface area (Å²) in [7, 11) is 1.66. The van der Waals surface area contributed by atoms with E-state index in [1.165, 1.54) is 0 Å². The number of phenols is 1. The molecule has 0 spiro atoms. The van der Waals surface area contributed by atoms with Gasteiger partial charge < -0.3 is 9.84 Å². The molecule has 1 atom stereocenters. The van der Waals surface area contributed by atoms with Crippen LogP contribution in [-0.2, 0) is 4.74 Å². The predicted octanol–water partition coefficient (Wildman–Crippen LogP) is 2.70. The topological polar surface area (TPSA) is 29.5 Å². The zero-order chi connectivity index (χ0) is 9.14. The molecule has 0 aliphatic heterocycles. The molecule has 0 heterocycles. The van der Waals surface area contributed by atoms with Crippen LogP contribution in [0.2, 0.25) is 0 Å². The first-order valence-corrected chi connectivity index (χ1v) is 4.75. The van der Waals surface area contributed by atoms with Crippen LogP contribution in [0.25, 0.3) is 0 Å². The molecule has 3 heteroatoms. The molecule has 1 aromatic carbocycles. The highest BCUT2D eigenvalue weighted by Crippen LogP contribution is 2.28. The molecule has 66 valence electrons. The average molecular weight is 278 g/mol. The van der Waals surface area contributed by atoms with Crippen LogP contribution in [0.3, 0.4) is 0 Å². The predicted molar refractivity (Wildman–Crippen MR) is 56.2 cm³/mol. The third-order valence-corrected chi connectivity index (χ3v) is 2.98. The molecule has 0 bridgehead atoms. The summed E-state index contributed by atoms with van der Waals surface area (Å²) in [5, 5.41) is 9.38. The Kier molecular flexibility index (Phi) is 3.34. The quantitative estimate of drug-likeness (QED) is 0.843. The molecular weight excluding hydrogens is 267 g/mol. The van der Waals surface area contributed by atoms with Crippen LogP contribution in [0.15, 0.2) is 18.2 Å². The summed E-state index contributed by atoms with van der Waals surface area (Å²) in [4.78, 5) is 0. The van der Waals surface area contributed by atoms with Crippen LogP contribution in [0.5, 0.6) is 5.75 Å². The maximum Gasteiger partial charge on any atom is 0.129 e. The second-order valence-electron chi connectivity index (χ2n) is 2.56. The van der Waals surface area contributed by atoms with Gasteiger partial charge in [-0.25, -0.2) is 0 Å². The van der Waals surface area contributed by atoms with Crippen molar-refractivity contribution in [3.63, 3.8) is 0 Å². The third kappa shape index (κ3) is 1.90. The number of ether oxygens (including phenoxy) is 1. The average Bonchev–Trinajstić information content (AvgIpc) is 2.08. The van der Waals surface area contributed by atoms with Gasteiger partial charge in [0.1, 0.15) is 5.75 Å². The summed E-state index contributed by atoms with van der Waals surface area (Å²) in [6.45, 7) is 1.96. The SMILES string of the molecule is COC(C)c1cccc(O)c1I. The van der Waals surface area contributed by atoms with Gasteiger partial charge in [-0.05, 0) is 41.1 Å². The minimum atomic E-state index is 0.0315. The van der Waals surface area contributed by atoms with Gasteiger partial charge in [-0.15, -0.1) is 0 Å². The van der Waals surface area contributed by atoms with E-state index >= 15 is 0 Å². The first kappa shape index (κ1) is 9.80. The van der Waals surface area contributed by atoms with Gasteiger partial charge >= 0.3 is 0 Å². The minimum absolute atomic E-state index is 0.0315. The van der Waals surface area contributed by atoms with Gasteiger partial charge in [-0.3, -0.25) is 0 Å². The van der Waals surface area contributed by atoms with E-state index in [1.54, 1.807) is 13.2 Å². The Balaban J connectivity index is 3.07. The van der Waals surface area contributed by atoms with Gasteiger partial charge in [-0.1, -0.05) is 12.1 Å². The maximum absolute atomic E-state index is 9.38. The smallest absolute Gasteiger partial charge is 0.129 e. The number of rotatable bonds is 2. The molecule has 1 unspecified atom stereocenters. The molecule has 1 aromatic rings. The Hall–Kier alpha value is -0.290. The first-order valence-electron chi connectivity index (χ1n) is 3.67. The Morgan fingerprint density at radius 1 is 1.50 bits per heavy atom. The van der Waals surface area contributed by atoms with E-state index in [1.807, 2.05) is 19.1 Å². The third-order valence-electron chi connectivity index (χ3n) is 1.80. The van der Waals surface area contributed by atoms with E-state index in [-0.39, 0.29) is 6.10 Å². The standard InChI is InChI=1S/C9H11IO2/c1-6(12-2)7-4-3-5-8(11)9(7)10/h3-6,11H,1-2H3. The van der Waals surface area contributed by atoms with Crippen LogP contribution in [0.1, 0.15) is 18.6 Å². The Morgan fingerprint density at radius 2 is 2.17 bits per heavy atom. The largest absolute Gasteiger partial charge is 0.507 e. The fourth-order valence-electron chi connectivity index (χ4n) is 0.978. The molecule has 1 N–H and O–H groups in total. The highest BCUT2D eigenvalue weighted by atomic mass is 127. The van der Waals surface area contributed by atoms with Crippen molar-refractivity contribution in [2.24, 2.45) is 0 Å². The van der Waals surface area contributed by atoms with Gasteiger partial charge in [0.05, 0.1) is 9.67 Å². The minimum Gasteiger partial charge on any atom is -0.507 e. The molecule has 1 rings (SSSR count). The van der Waals surface area contributed by atoms with Gasteiger partial charge in [0, 0.05) is 7.11 Å². The van der Waals surface area contributed by atoms with Crippen LogP contribution < -0.4 is 0 Å². The molecule has 0 aliphatic rings. The molecule has 0 saturated heterocycles. The molecule has 0 amide bonds. The lowest BCUT2D eigenvalue weighted by molar-refractivity contribution is 0.118. The first-order chi connectivity index (χ1) is 5.66. The number of aromatic hydroxyl groups is 1. The molecule has 0 radical (unpaired) electrons. The van der Waals surface area contributed by atoms with E-state index in [2.05, 4.69) is 22.6 Å². The molecular formula is C9H11IO2. The van der Waals surface area contributed by atoms with E-state index in [0.717, 1.165) is 9.13 Å². The van der Waals surface area contributed by atoms with Gasteiger partial charge in [0.2, 0.25) is 0 Å². The van der Waals surface area contributed by atoms with Crippen molar-refractivity contribution in [2.75, 3.05) is 7.11 Å². The second-order valence-corrected chi connectivity index (χ2v) is 3.64. The van der Waals surface area contributed by atoms with Crippen molar-refractivity contribution < 1.29 is 9.84 Å². The van der Waals surface area contributed by atoms with E-state index in [4.69, 9.17) is 4.74 Å². The lowest BCUT2D eigenvalue weighted by atomic mass is 10.1. The van der Waals surface area contributed by atoms with E-state index < -0.39 is 0 Å². The van der Waals surface area contributed by atoms with Crippen molar-refractivity contribution in [1.29, 1.82) is 0 Å². The highest BCUT2D eigenvalue weighted by Gasteiger charge is 2.09. The van der Waals surface area contributed by atoms with Crippen LogP contribution in [-0.4, -0.2) is 12.2 Å². The zero-order valence-corrected chi connectivity index (χ0v) is 9.20. The summed E-state index contributed by atoms with van der Waals surface area (Å²) in [6.07, 6.45) is 0.0315. The van der Waals surface area contributed by atoms with Crippen LogP contribution in [0, 0.1) is 3.57 Å². The molecule has 0 aliphatic carbocycles. The zero-order valence-electron chi connectivity index (χ0n) is 7.04. The summed E-state index contributed by atoms with van der Waals surface area (Å²) < 4.78 is 6.02. The molecule has 12 heavy (non-hydrogen) atoms. The lowest BCUT2D eigenvalue weighted by Crippen LogP contribution is -1.98. The molecule has 0 fully saturated rings. The fraction of sp³-hybridized carbons (Fsp3) is 0.333. The number of halogens is 1. The Morgan fingerprint density at radius 3 is 2.75 bits per heavy atom. The van der Waals surface area contributed by atoms with E-state index in [9.17, 15) is 5.11 Å². The summed E-state index contributed by atoms with van der Waals surface area (Å²) >= 11 is 2.11. The summed E-state index contributed by atoms with van der Waals surface area (Å²) in [5.74, 6) is 0.317. The van der Waals surface area contributed by atoms with E-state index in [0.29, 0.717) is 5.75 Å². The summed E-state index contributed by atoms with van der Waals surface area (Å²) in [5.41, 5.74) is 1.03. The van der Waals surface area contributed by atoms with Gasteiger partial charge in [-0.2, -0.15) is 0 Å². The fourth-order valence-corrected chi connectivity index (χ4v) is 1.78. The number of methoxy groups -OCH3 is 1. The number of phenolic OH excluding ortho intramolecular Hbond substituents is 1. The molecule has 0 aromatic heterocycles. The van der Waals surface area contributed by atoms with Crippen LogP contribution in [0.4, 0.5) is 0 Å². The van der Waals surface area contributed by atoms with Crippen molar-refractivity contribution in [3.8, 4) is 5.75 Å². The number of benzene rings is 1.